The smallest absolute Gasteiger partial charge is 0.168 e. The zero-order valence-electron chi connectivity index (χ0n) is 8.73. The molecule has 0 saturated carbocycles. The SMILES string of the molecule is Cn1nc(N2CCNCC2)c2sccc21. The van der Waals surface area contributed by atoms with Crippen molar-refractivity contribution in [2.45, 2.75) is 0 Å². The van der Waals surface area contributed by atoms with Gasteiger partial charge in [0.05, 0.1) is 10.2 Å². The van der Waals surface area contributed by atoms with Gasteiger partial charge in [-0.25, -0.2) is 0 Å². The van der Waals surface area contributed by atoms with Gasteiger partial charge in [-0.15, -0.1) is 11.3 Å². The Hall–Kier alpha value is -1.07. The van der Waals surface area contributed by atoms with E-state index in [4.69, 9.17) is 0 Å². The summed E-state index contributed by atoms with van der Waals surface area (Å²) < 4.78 is 3.29. The number of rotatable bonds is 1. The molecule has 0 atom stereocenters. The fraction of sp³-hybridized carbons (Fsp3) is 0.500. The Morgan fingerprint density at radius 1 is 1.40 bits per heavy atom. The van der Waals surface area contributed by atoms with E-state index in [9.17, 15) is 0 Å². The van der Waals surface area contributed by atoms with E-state index >= 15 is 0 Å². The van der Waals surface area contributed by atoms with Crippen LogP contribution in [0, 0.1) is 0 Å². The topological polar surface area (TPSA) is 33.1 Å². The molecule has 2 aromatic heterocycles. The molecule has 1 aliphatic rings. The van der Waals surface area contributed by atoms with Crippen molar-refractivity contribution in [2.24, 2.45) is 7.05 Å². The molecule has 80 valence electrons. The van der Waals surface area contributed by atoms with Gasteiger partial charge in [0.2, 0.25) is 0 Å². The van der Waals surface area contributed by atoms with Crippen LogP contribution in [0.4, 0.5) is 5.82 Å². The lowest BCUT2D eigenvalue weighted by Gasteiger charge is -2.27. The maximum atomic E-state index is 4.60. The summed E-state index contributed by atoms with van der Waals surface area (Å²) in [6.07, 6.45) is 0. The van der Waals surface area contributed by atoms with E-state index < -0.39 is 0 Å². The van der Waals surface area contributed by atoms with E-state index in [0.717, 1.165) is 32.0 Å². The fourth-order valence-corrected chi connectivity index (χ4v) is 2.98. The summed E-state index contributed by atoms with van der Waals surface area (Å²) in [4.78, 5) is 2.37. The summed E-state index contributed by atoms with van der Waals surface area (Å²) in [5, 5.41) is 10.1. The quantitative estimate of drug-likeness (QED) is 0.783. The monoisotopic (exact) mass is 222 g/mol. The van der Waals surface area contributed by atoms with Crippen LogP contribution in [-0.2, 0) is 7.05 Å². The molecule has 0 spiro atoms. The van der Waals surface area contributed by atoms with Crippen molar-refractivity contribution < 1.29 is 0 Å². The van der Waals surface area contributed by atoms with Crippen molar-refractivity contribution in [3.05, 3.63) is 11.4 Å². The average molecular weight is 222 g/mol. The molecule has 0 bridgehead atoms. The molecule has 1 aliphatic heterocycles. The molecule has 1 fully saturated rings. The summed E-state index contributed by atoms with van der Waals surface area (Å²) in [7, 11) is 2.01. The first kappa shape index (κ1) is 9.18. The highest BCUT2D eigenvalue weighted by molar-refractivity contribution is 7.17. The predicted molar refractivity (Wildman–Crippen MR) is 63.7 cm³/mol. The molecule has 5 heteroatoms. The molecule has 0 radical (unpaired) electrons. The van der Waals surface area contributed by atoms with Crippen LogP contribution in [0.25, 0.3) is 10.2 Å². The zero-order valence-corrected chi connectivity index (χ0v) is 9.55. The van der Waals surface area contributed by atoms with Gasteiger partial charge in [-0.2, -0.15) is 5.10 Å². The number of thiophene rings is 1. The first-order valence-corrected chi connectivity index (χ1v) is 6.10. The van der Waals surface area contributed by atoms with Crippen molar-refractivity contribution in [1.29, 1.82) is 0 Å². The first-order chi connectivity index (χ1) is 7.36. The highest BCUT2D eigenvalue weighted by Gasteiger charge is 2.17. The second-order valence-corrected chi connectivity index (χ2v) is 4.74. The zero-order chi connectivity index (χ0) is 10.3. The minimum Gasteiger partial charge on any atom is -0.351 e. The Morgan fingerprint density at radius 2 is 2.20 bits per heavy atom. The first-order valence-electron chi connectivity index (χ1n) is 5.22. The third kappa shape index (κ3) is 1.42. The second kappa shape index (κ2) is 3.50. The molecule has 0 aromatic carbocycles. The molecule has 15 heavy (non-hydrogen) atoms. The molecule has 0 unspecified atom stereocenters. The maximum Gasteiger partial charge on any atom is 0.168 e. The molecule has 1 saturated heterocycles. The maximum absolute atomic E-state index is 4.60. The molecular formula is C10H14N4S. The van der Waals surface area contributed by atoms with E-state index in [1.54, 1.807) is 11.3 Å². The third-order valence-electron chi connectivity index (χ3n) is 2.86. The Morgan fingerprint density at radius 3 is 3.00 bits per heavy atom. The number of fused-ring (bicyclic) bond motifs is 1. The largest absolute Gasteiger partial charge is 0.351 e. The van der Waals surface area contributed by atoms with Gasteiger partial charge in [0.1, 0.15) is 0 Å². The molecule has 3 rings (SSSR count). The Balaban J connectivity index is 2.05. The lowest BCUT2D eigenvalue weighted by atomic mass is 10.3. The molecule has 1 N–H and O–H groups in total. The van der Waals surface area contributed by atoms with Gasteiger partial charge in [0.15, 0.2) is 5.82 Å². The van der Waals surface area contributed by atoms with Gasteiger partial charge in [-0.1, -0.05) is 0 Å². The van der Waals surface area contributed by atoms with Gasteiger partial charge < -0.3 is 10.2 Å². The summed E-state index contributed by atoms with van der Waals surface area (Å²) in [6.45, 7) is 4.24. The Labute approximate surface area is 92.5 Å². The van der Waals surface area contributed by atoms with Crippen molar-refractivity contribution in [3.8, 4) is 0 Å². The third-order valence-corrected chi connectivity index (χ3v) is 3.76. The van der Waals surface area contributed by atoms with Gasteiger partial charge >= 0.3 is 0 Å². The average Bonchev–Trinajstić information content (AvgIpc) is 2.84. The van der Waals surface area contributed by atoms with Gasteiger partial charge in [0.25, 0.3) is 0 Å². The van der Waals surface area contributed by atoms with E-state index in [1.807, 2.05) is 11.7 Å². The number of aryl methyl sites for hydroxylation is 1. The van der Waals surface area contributed by atoms with Crippen molar-refractivity contribution in [2.75, 3.05) is 31.1 Å². The summed E-state index contributed by atoms with van der Waals surface area (Å²) in [5.41, 5.74) is 1.24. The summed E-state index contributed by atoms with van der Waals surface area (Å²) >= 11 is 1.78. The Kier molecular flexibility index (Phi) is 2.14. The minimum atomic E-state index is 1.06. The molecule has 3 heterocycles. The number of nitrogens with one attached hydrogen (secondary N) is 1. The van der Waals surface area contributed by atoms with Crippen molar-refractivity contribution in [1.82, 2.24) is 15.1 Å². The lowest BCUT2D eigenvalue weighted by molar-refractivity contribution is 0.582. The van der Waals surface area contributed by atoms with Gasteiger partial charge in [-0.3, -0.25) is 4.68 Å². The predicted octanol–water partition coefficient (Wildman–Crippen LogP) is 1.04. The molecule has 2 aromatic rings. The van der Waals surface area contributed by atoms with E-state index in [0.29, 0.717) is 0 Å². The van der Waals surface area contributed by atoms with Crippen LogP contribution in [-0.4, -0.2) is 36.0 Å². The standard InChI is InChI=1S/C10H14N4S/c1-13-8-2-7-15-9(8)10(12-13)14-5-3-11-4-6-14/h2,7,11H,3-6H2,1H3. The van der Waals surface area contributed by atoms with E-state index in [2.05, 4.69) is 26.8 Å². The number of aromatic nitrogens is 2. The van der Waals surface area contributed by atoms with Crippen LogP contribution in [0.3, 0.4) is 0 Å². The van der Waals surface area contributed by atoms with Crippen LogP contribution in [0.1, 0.15) is 0 Å². The van der Waals surface area contributed by atoms with Gasteiger partial charge in [0, 0.05) is 33.2 Å². The highest BCUT2D eigenvalue weighted by atomic mass is 32.1. The van der Waals surface area contributed by atoms with Crippen LogP contribution >= 0.6 is 11.3 Å². The van der Waals surface area contributed by atoms with Crippen LogP contribution in [0.2, 0.25) is 0 Å². The number of hydrogen-bond donors (Lipinski definition) is 1. The Bertz CT molecular complexity index is 467. The lowest BCUT2D eigenvalue weighted by Crippen LogP contribution is -2.43. The van der Waals surface area contributed by atoms with Crippen molar-refractivity contribution in [3.63, 3.8) is 0 Å². The fourth-order valence-electron chi connectivity index (χ4n) is 2.05. The van der Waals surface area contributed by atoms with Gasteiger partial charge in [-0.05, 0) is 11.4 Å². The highest BCUT2D eigenvalue weighted by Crippen LogP contribution is 2.30. The van der Waals surface area contributed by atoms with E-state index in [-0.39, 0.29) is 0 Å². The number of anilines is 1. The minimum absolute atomic E-state index is 1.06. The summed E-state index contributed by atoms with van der Waals surface area (Å²) in [5.74, 6) is 1.16. The number of nitrogens with zero attached hydrogens (tertiary/aromatic N) is 3. The van der Waals surface area contributed by atoms with Crippen LogP contribution < -0.4 is 10.2 Å². The molecule has 0 amide bonds. The molecule has 0 aliphatic carbocycles. The van der Waals surface area contributed by atoms with Crippen molar-refractivity contribution >= 4 is 27.4 Å². The number of piperazine rings is 1. The molecular weight excluding hydrogens is 208 g/mol. The normalized spacial score (nSPS) is 17.5. The van der Waals surface area contributed by atoms with E-state index in [1.165, 1.54) is 10.2 Å². The second-order valence-electron chi connectivity index (χ2n) is 3.82. The van der Waals surface area contributed by atoms with Crippen LogP contribution in [0.15, 0.2) is 11.4 Å². The van der Waals surface area contributed by atoms with Crippen LogP contribution in [0.5, 0.6) is 0 Å². The number of hydrogen-bond acceptors (Lipinski definition) is 4. The molecule has 4 nitrogen and oxygen atoms in total. The summed E-state index contributed by atoms with van der Waals surface area (Å²) in [6, 6.07) is 2.14.